The van der Waals surface area contributed by atoms with Crippen molar-refractivity contribution in [1.82, 2.24) is 9.88 Å². The molecule has 1 saturated heterocycles. The summed E-state index contributed by atoms with van der Waals surface area (Å²) in [6.07, 6.45) is 0.221. The molecule has 8 heteroatoms. The number of nitrogens with zero attached hydrogens (tertiary/aromatic N) is 2. The van der Waals surface area contributed by atoms with Gasteiger partial charge in [-0.2, -0.15) is 0 Å². The predicted octanol–water partition coefficient (Wildman–Crippen LogP) is 2.13. The Kier molecular flexibility index (Phi) is 5.19. The Morgan fingerprint density at radius 2 is 2.28 bits per heavy atom. The van der Waals surface area contributed by atoms with Gasteiger partial charge in [-0.15, -0.1) is 0 Å². The van der Waals surface area contributed by atoms with Gasteiger partial charge in [-0.3, -0.25) is 9.59 Å². The zero-order valence-corrected chi connectivity index (χ0v) is 15.3. The van der Waals surface area contributed by atoms with Crippen LogP contribution in [0.5, 0.6) is 5.75 Å². The number of ether oxygens (including phenoxy) is 2. The maximum Gasteiger partial charge on any atom is 0.231 e. The molecule has 1 aromatic carbocycles. The van der Waals surface area contributed by atoms with E-state index in [0.29, 0.717) is 18.3 Å². The molecule has 1 aromatic heterocycles. The largest absolute Gasteiger partial charge is 0.497 e. The van der Waals surface area contributed by atoms with Gasteiger partial charge < -0.3 is 19.7 Å². The van der Waals surface area contributed by atoms with Crippen LogP contribution in [0, 0.1) is 5.92 Å². The minimum absolute atomic E-state index is 0.0151. The maximum atomic E-state index is 12.5. The predicted molar refractivity (Wildman–Crippen MR) is 96.0 cm³/mol. The Labute approximate surface area is 149 Å². The minimum atomic E-state index is -0.367. The number of anilines is 1. The van der Waals surface area contributed by atoms with Crippen LogP contribution in [0.4, 0.5) is 5.13 Å². The molecule has 7 nitrogen and oxygen atoms in total. The van der Waals surface area contributed by atoms with Crippen LogP contribution in [0.1, 0.15) is 13.3 Å². The number of carbonyl (C=O) groups is 2. The number of carbonyl (C=O) groups excluding carboxylic acids is 2. The second kappa shape index (κ2) is 7.37. The van der Waals surface area contributed by atoms with Crippen molar-refractivity contribution in [3.8, 4) is 5.75 Å². The van der Waals surface area contributed by atoms with Crippen LogP contribution in [-0.4, -0.2) is 55.1 Å². The summed E-state index contributed by atoms with van der Waals surface area (Å²) >= 11 is 1.39. The molecule has 0 aliphatic carbocycles. The molecule has 3 rings (SSSR count). The number of amides is 2. The first kappa shape index (κ1) is 17.6. The van der Waals surface area contributed by atoms with Crippen LogP contribution in [0.25, 0.3) is 10.2 Å². The highest BCUT2D eigenvalue weighted by Crippen LogP contribution is 2.30. The van der Waals surface area contributed by atoms with Gasteiger partial charge in [0.2, 0.25) is 11.8 Å². The van der Waals surface area contributed by atoms with E-state index in [2.05, 4.69) is 10.3 Å². The van der Waals surface area contributed by atoms with E-state index in [1.165, 1.54) is 11.3 Å². The van der Waals surface area contributed by atoms with Crippen LogP contribution in [0.15, 0.2) is 18.2 Å². The highest BCUT2D eigenvalue weighted by Gasteiger charge is 2.36. The summed E-state index contributed by atoms with van der Waals surface area (Å²) in [6.45, 7) is 2.79. The molecule has 0 unspecified atom stereocenters. The minimum Gasteiger partial charge on any atom is -0.497 e. The zero-order valence-electron chi connectivity index (χ0n) is 14.4. The van der Waals surface area contributed by atoms with E-state index in [4.69, 9.17) is 9.47 Å². The molecule has 1 fully saturated rings. The maximum absolute atomic E-state index is 12.5. The van der Waals surface area contributed by atoms with Crippen molar-refractivity contribution in [2.75, 3.05) is 32.7 Å². The Balaban J connectivity index is 1.67. The van der Waals surface area contributed by atoms with E-state index >= 15 is 0 Å². The van der Waals surface area contributed by atoms with E-state index in [1.807, 2.05) is 25.1 Å². The summed E-state index contributed by atoms with van der Waals surface area (Å²) < 4.78 is 11.2. The lowest BCUT2D eigenvalue weighted by molar-refractivity contribution is -0.130. The molecule has 0 saturated carbocycles. The van der Waals surface area contributed by atoms with Gasteiger partial charge in [-0.1, -0.05) is 11.3 Å². The first-order valence-corrected chi connectivity index (χ1v) is 8.87. The smallest absolute Gasteiger partial charge is 0.231 e. The van der Waals surface area contributed by atoms with Crippen LogP contribution in [0.3, 0.4) is 0 Å². The SMILES string of the molecule is COC[C@H](C)N1C[C@@H](C(=O)Nc2nc3ccc(OC)cc3s2)CC1=O. The monoisotopic (exact) mass is 363 g/mol. The molecule has 0 bridgehead atoms. The quantitative estimate of drug-likeness (QED) is 0.850. The lowest BCUT2D eigenvalue weighted by Gasteiger charge is -2.23. The normalized spacial score (nSPS) is 18.6. The van der Waals surface area contributed by atoms with Gasteiger partial charge in [-0.05, 0) is 25.1 Å². The molecular formula is C17H21N3O4S. The average Bonchev–Trinajstić information content (AvgIpc) is 3.17. The fourth-order valence-corrected chi connectivity index (χ4v) is 3.85. The number of methoxy groups -OCH3 is 2. The van der Waals surface area contributed by atoms with E-state index in [0.717, 1.165) is 16.0 Å². The van der Waals surface area contributed by atoms with Crippen molar-refractivity contribution in [3.63, 3.8) is 0 Å². The number of fused-ring (bicyclic) bond motifs is 1. The first-order chi connectivity index (χ1) is 12.0. The Hall–Kier alpha value is -2.19. The van der Waals surface area contributed by atoms with Crippen molar-refractivity contribution in [1.29, 1.82) is 0 Å². The number of benzene rings is 1. The lowest BCUT2D eigenvalue weighted by Crippen LogP contribution is -2.38. The van der Waals surface area contributed by atoms with Crippen molar-refractivity contribution in [2.45, 2.75) is 19.4 Å². The van der Waals surface area contributed by atoms with E-state index in [-0.39, 0.29) is 30.2 Å². The number of rotatable bonds is 6. The third kappa shape index (κ3) is 3.74. The lowest BCUT2D eigenvalue weighted by atomic mass is 10.1. The van der Waals surface area contributed by atoms with Crippen molar-refractivity contribution >= 4 is 38.5 Å². The summed E-state index contributed by atoms with van der Waals surface area (Å²) in [7, 11) is 3.21. The van der Waals surface area contributed by atoms with Crippen LogP contribution in [-0.2, 0) is 14.3 Å². The van der Waals surface area contributed by atoms with E-state index in [9.17, 15) is 9.59 Å². The van der Waals surface area contributed by atoms with Gasteiger partial charge >= 0.3 is 0 Å². The topological polar surface area (TPSA) is 80.8 Å². The number of hydrogen-bond acceptors (Lipinski definition) is 6. The van der Waals surface area contributed by atoms with Crippen molar-refractivity contribution in [3.05, 3.63) is 18.2 Å². The standard InChI is InChI=1S/C17H21N3O4S/c1-10(9-23-2)20-8-11(6-15(20)21)16(22)19-17-18-13-5-4-12(24-3)7-14(13)25-17/h4-5,7,10-11H,6,8-9H2,1-3H3,(H,18,19,22)/t10-,11-/m0/s1. The third-order valence-electron chi connectivity index (χ3n) is 4.29. The molecule has 1 N–H and O–H groups in total. The van der Waals surface area contributed by atoms with Gasteiger partial charge in [0.15, 0.2) is 5.13 Å². The van der Waals surface area contributed by atoms with Gasteiger partial charge in [-0.25, -0.2) is 4.98 Å². The summed E-state index contributed by atoms with van der Waals surface area (Å²) in [6, 6.07) is 5.53. The summed E-state index contributed by atoms with van der Waals surface area (Å²) in [5.41, 5.74) is 0.805. The van der Waals surface area contributed by atoms with Crippen LogP contribution >= 0.6 is 11.3 Å². The molecule has 0 radical (unpaired) electrons. The molecule has 134 valence electrons. The molecule has 2 atom stereocenters. The van der Waals surface area contributed by atoms with Crippen LogP contribution < -0.4 is 10.1 Å². The summed E-state index contributed by atoms with van der Waals surface area (Å²) in [5, 5.41) is 3.37. The molecule has 2 aromatic rings. The van der Waals surface area contributed by atoms with Gasteiger partial charge in [0.05, 0.1) is 35.9 Å². The summed E-state index contributed by atoms with van der Waals surface area (Å²) in [4.78, 5) is 30.8. The Morgan fingerprint density at radius 3 is 3.00 bits per heavy atom. The Bertz CT molecular complexity index is 791. The van der Waals surface area contributed by atoms with Crippen molar-refractivity contribution in [2.24, 2.45) is 5.92 Å². The summed E-state index contributed by atoms with van der Waals surface area (Å²) in [5.74, 6) is 0.191. The molecular weight excluding hydrogens is 342 g/mol. The number of nitrogens with one attached hydrogen (secondary N) is 1. The van der Waals surface area contributed by atoms with Gasteiger partial charge in [0.25, 0.3) is 0 Å². The molecule has 25 heavy (non-hydrogen) atoms. The van der Waals surface area contributed by atoms with Gasteiger partial charge in [0.1, 0.15) is 5.75 Å². The number of likely N-dealkylation sites (tertiary alicyclic amines) is 1. The second-order valence-electron chi connectivity index (χ2n) is 6.09. The Morgan fingerprint density at radius 1 is 1.48 bits per heavy atom. The molecule has 0 spiro atoms. The fraction of sp³-hybridized carbons (Fsp3) is 0.471. The molecule has 2 amide bonds. The van der Waals surface area contributed by atoms with Gasteiger partial charge in [0, 0.05) is 20.1 Å². The molecule has 1 aliphatic heterocycles. The number of aromatic nitrogens is 1. The van der Waals surface area contributed by atoms with E-state index in [1.54, 1.807) is 19.1 Å². The van der Waals surface area contributed by atoms with Crippen LogP contribution in [0.2, 0.25) is 0 Å². The highest BCUT2D eigenvalue weighted by atomic mass is 32.1. The highest BCUT2D eigenvalue weighted by molar-refractivity contribution is 7.22. The average molecular weight is 363 g/mol. The van der Waals surface area contributed by atoms with E-state index < -0.39 is 0 Å². The molecule has 1 aliphatic rings. The van der Waals surface area contributed by atoms with Crippen molar-refractivity contribution < 1.29 is 19.1 Å². The second-order valence-corrected chi connectivity index (χ2v) is 7.12. The first-order valence-electron chi connectivity index (χ1n) is 8.05. The molecule has 2 heterocycles. The third-order valence-corrected chi connectivity index (χ3v) is 5.23. The number of hydrogen-bond donors (Lipinski definition) is 1. The number of thiazole rings is 1. The fourth-order valence-electron chi connectivity index (χ4n) is 2.96. The zero-order chi connectivity index (χ0) is 18.0.